The van der Waals surface area contributed by atoms with Gasteiger partial charge in [0.2, 0.25) is 0 Å². The number of rotatable bonds is 1. The quantitative estimate of drug-likeness (QED) is 0.667. The first-order valence-electron chi connectivity index (χ1n) is 8.77. The van der Waals surface area contributed by atoms with Crippen LogP contribution in [0.4, 0.5) is 10.6 Å². The highest BCUT2D eigenvalue weighted by Gasteiger charge is 2.27. The van der Waals surface area contributed by atoms with E-state index in [1.807, 2.05) is 45.0 Å². The lowest BCUT2D eigenvalue weighted by Gasteiger charge is -2.35. The van der Waals surface area contributed by atoms with E-state index < -0.39 is 5.60 Å². The molecular formula is C19H22N4O3. The summed E-state index contributed by atoms with van der Waals surface area (Å²) >= 11 is 0. The van der Waals surface area contributed by atoms with Gasteiger partial charge in [-0.3, -0.25) is 0 Å². The van der Waals surface area contributed by atoms with E-state index in [4.69, 9.17) is 9.15 Å². The standard InChI is InChI=1S/C19H22N4O3/c1-19(2,3)26-18(24)23-10-8-22(9-11-23)17-16-15(20-12-21-17)13-6-4-5-7-14(13)25-16/h4-7,12H,8-11H2,1-3H3. The minimum Gasteiger partial charge on any atom is -0.450 e. The third-order valence-corrected chi connectivity index (χ3v) is 4.37. The number of carbonyl (C=O) groups is 1. The lowest BCUT2D eigenvalue weighted by Crippen LogP contribution is -2.50. The second kappa shape index (κ2) is 6.16. The van der Waals surface area contributed by atoms with Crippen LogP contribution in [-0.4, -0.2) is 52.7 Å². The van der Waals surface area contributed by atoms with Crippen LogP contribution in [0.1, 0.15) is 20.8 Å². The lowest BCUT2D eigenvalue weighted by molar-refractivity contribution is 0.0240. The van der Waals surface area contributed by atoms with Crippen molar-refractivity contribution in [1.29, 1.82) is 0 Å². The van der Waals surface area contributed by atoms with E-state index in [0.717, 1.165) is 22.3 Å². The molecule has 0 unspecified atom stereocenters. The van der Waals surface area contributed by atoms with Crippen LogP contribution in [0.25, 0.3) is 22.1 Å². The van der Waals surface area contributed by atoms with Gasteiger partial charge in [-0.05, 0) is 32.9 Å². The third kappa shape index (κ3) is 3.05. The summed E-state index contributed by atoms with van der Waals surface area (Å²) in [6, 6.07) is 7.84. The summed E-state index contributed by atoms with van der Waals surface area (Å²) in [6.07, 6.45) is 1.30. The maximum Gasteiger partial charge on any atom is 0.410 e. The minimum absolute atomic E-state index is 0.270. The largest absolute Gasteiger partial charge is 0.450 e. The maximum atomic E-state index is 12.2. The molecule has 0 bridgehead atoms. The highest BCUT2D eigenvalue weighted by atomic mass is 16.6. The zero-order chi connectivity index (χ0) is 18.3. The van der Waals surface area contributed by atoms with Gasteiger partial charge in [-0.15, -0.1) is 0 Å². The summed E-state index contributed by atoms with van der Waals surface area (Å²) in [5.41, 5.74) is 1.83. The highest BCUT2D eigenvalue weighted by Crippen LogP contribution is 2.32. The topological polar surface area (TPSA) is 71.7 Å². The molecule has 1 saturated heterocycles. The Balaban J connectivity index is 1.56. The number of benzene rings is 1. The second-order valence-electron chi connectivity index (χ2n) is 7.43. The summed E-state index contributed by atoms with van der Waals surface area (Å²) < 4.78 is 11.5. The Labute approximate surface area is 151 Å². The van der Waals surface area contributed by atoms with Gasteiger partial charge in [0.25, 0.3) is 0 Å². The molecule has 3 aromatic rings. The van der Waals surface area contributed by atoms with Crippen LogP contribution in [0.15, 0.2) is 35.0 Å². The first kappa shape index (κ1) is 16.6. The van der Waals surface area contributed by atoms with E-state index in [1.54, 1.807) is 11.2 Å². The van der Waals surface area contributed by atoms with Crippen LogP contribution in [0.5, 0.6) is 0 Å². The predicted molar refractivity (Wildman–Crippen MR) is 99.3 cm³/mol. The van der Waals surface area contributed by atoms with E-state index in [2.05, 4.69) is 14.9 Å². The molecule has 0 radical (unpaired) electrons. The first-order valence-corrected chi connectivity index (χ1v) is 8.77. The van der Waals surface area contributed by atoms with Crippen molar-refractivity contribution in [2.24, 2.45) is 0 Å². The number of furan rings is 1. The van der Waals surface area contributed by atoms with Gasteiger partial charge in [0.1, 0.15) is 23.0 Å². The molecule has 2 aromatic heterocycles. The van der Waals surface area contributed by atoms with Crippen LogP contribution in [0, 0.1) is 0 Å². The van der Waals surface area contributed by atoms with E-state index in [9.17, 15) is 4.79 Å². The molecule has 0 atom stereocenters. The van der Waals surface area contributed by atoms with Gasteiger partial charge >= 0.3 is 6.09 Å². The summed E-state index contributed by atoms with van der Waals surface area (Å²) in [7, 11) is 0. The van der Waals surface area contributed by atoms with Gasteiger partial charge < -0.3 is 19.0 Å². The molecule has 1 amide bonds. The predicted octanol–water partition coefficient (Wildman–Crippen LogP) is 3.43. The molecule has 0 N–H and O–H groups in total. The molecule has 0 spiro atoms. The van der Waals surface area contributed by atoms with Gasteiger partial charge in [0.15, 0.2) is 11.4 Å². The SMILES string of the molecule is CC(C)(C)OC(=O)N1CCN(c2ncnc3c2oc2ccccc23)CC1. The van der Waals surface area contributed by atoms with Crippen molar-refractivity contribution in [1.82, 2.24) is 14.9 Å². The third-order valence-electron chi connectivity index (χ3n) is 4.37. The fourth-order valence-corrected chi connectivity index (χ4v) is 3.16. The minimum atomic E-state index is -0.485. The number of ether oxygens (including phenoxy) is 1. The van der Waals surface area contributed by atoms with Gasteiger partial charge in [-0.1, -0.05) is 12.1 Å². The number of piperazine rings is 1. The van der Waals surface area contributed by atoms with Crippen LogP contribution in [-0.2, 0) is 4.74 Å². The van der Waals surface area contributed by atoms with Crippen molar-refractivity contribution in [3.63, 3.8) is 0 Å². The van der Waals surface area contributed by atoms with E-state index >= 15 is 0 Å². The summed E-state index contributed by atoms with van der Waals surface area (Å²) in [5, 5.41) is 0.985. The Hall–Kier alpha value is -2.83. The van der Waals surface area contributed by atoms with Crippen LogP contribution in [0.2, 0.25) is 0 Å². The van der Waals surface area contributed by atoms with Crippen molar-refractivity contribution in [2.45, 2.75) is 26.4 Å². The number of carbonyl (C=O) groups excluding carboxylic acids is 1. The molecule has 1 aromatic carbocycles. The van der Waals surface area contributed by atoms with Gasteiger partial charge in [0, 0.05) is 31.6 Å². The first-order chi connectivity index (χ1) is 12.4. The summed E-state index contributed by atoms with van der Waals surface area (Å²) in [5.74, 6) is 0.773. The van der Waals surface area contributed by atoms with Gasteiger partial charge in [-0.2, -0.15) is 0 Å². The molecule has 136 valence electrons. The Bertz CT molecular complexity index is 952. The number of aromatic nitrogens is 2. The van der Waals surface area contributed by atoms with Crippen molar-refractivity contribution in [3.05, 3.63) is 30.6 Å². The fourth-order valence-electron chi connectivity index (χ4n) is 3.16. The van der Waals surface area contributed by atoms with E-state index in [-0.39, 0.29) is 6.09 Å². The summed E-state index contributed by atoms with van der Waals surface area (Å²) in [4.78, 5) is 24.9. The molecule has 3 heterocycles. The number of hydrogen-bond donors (Lipinski definition) is 0. The molecule has 1 aliphatic rings. The maximum absolute atomic E-state index is 12.2. The Morgan fingerprint density at radius 1 is 1.12 bits per heavy atom. The van der Waals surface area contributed by atoms with Crippen molar-refractivity contribution in [2.75, 3.05) is 31.1 Å². The number of fused-ring (bicyclic) bond motifs is 3. The lowest BCUT2D eigenvalue weighted by atomic mass is 10.2. The van der Waals surface area contributed by atoms with Gasteiger partial charge in [0.05, 0.1) is 0 Å². The molecule has 1 fully saturated rings. The zero-order valence-electron chi connectivity index (χ0n) is 15.2. The summed E-state index contributed by atoms with van der Waals surface area (Å²) in [6.45, 7) is 8.13. The molecule has 7 nitrogen and oxygen atoms in total. The number of nitrogens with zero attached hydrogens (tertiary/aromatic N) is 4. The van der Waals surface area contributed by atoms with Crippen LogP contribution >= 0.6 is 0 Å². The molecule has 0 saturated carbocycles. The smallest absolute Gasteiger partial charge is 0.410 e. The fraction of sp³-hybridized carbons (Fsp3) is 0.421. The average molecular weight is 354 g/mol. The monoisotopic (exact) mass is 354 g/mol. The van der Waals surface area contributed by atoms with Crippen molar-refractivity contribution in [3.8, 4) is 0 Å². The molecule has 0 aliphatic carbocycles. The Morgan fingerprint density at radius 2 is 1.85 bits per heavy atom. The molecule has 7 heteroatoms. The second-order valence-corrected chi connectivity index (χ2v) is 7.43. The molecule has 4 rings (SSSR count). The average Bonchev–Trinajstić information content (AvgIpc) is 2.99. The number of para-hydroxylation sites is 1. The molecule has 26 heavy (non-hydrogen) atoms. The van der Waals surface area contributed by atoms with Crippen LogP contribution < -0.4 is 4.90 Å². The van der Waals surface area contributed by atoms with E-state index in [1.165, 1.54) is 0 Å². The highest BCUT2D eigenvalue weighted by molar-refractivity contribution is 6.05. The number of amides is 1. The number of hydrogen-bond acceptors (Lipinski definition) is 6. The Kier molecular flexibility index (Phi) is 3.94. The van der Waals surface area contributed by atoms with Crippen LogP contribution in [0.3, 0.4) is 0 Å². The zero-order valence-corrected chi connectivity index (χ0v) is 15.2. The van der Waals surface area contributed by atoms with Crippen molar-refractivity contribution >= 4 is 34.0 Å². The van der Waals surface area contributed by atoms with Crippen molar-refractivity contribution < 1.29 is 13.9 Å². The van der Waals surface area contributed by atoms with E-state index in [0.29, 0.717) is 31.8 Å². The van der Waals surface area contributed by atoms with Gasteiger partial charge in [-0.25, -0.2) is 14.8 Å². The normalized spacial score (nSPS) is 15.7. The molecule has 1 aliphatic heterocycles. The molecular weight excluding hydrogens is 332 g/mol. The number of anilines is 1. The Morgan fingerprint density at radius 3 is 2.58 bits per heavy atom.